The number of benzene rings is 2. The maximum atomic E-state index is 2.18. The van der Waals surface area contributed by atoms with Crippen molar-refractivity contribution in [2.75, 3.05) is 0 Å². The van der Waals surface area contributed by atoms with E-state index < -0.39 is 0 Å². The molecule has 0 aliphatic heterocycles. The molecule has 1 radical (unpaired) electrons. The zero-order valence-corrected chi connectivity index (χ0v) is 11.2. The first-order valence-electron chi connectivity index (χ1n) is 5.15. The molecular weight excluding hydrogens is 266 g/mol. The number of hydrogen-bond donors (Lipinski definition) is 0. The van der Waals surface area contributed by atoms with Crippen molar-refractivity contribution in [2.24, 2.45) is 0 Å². The fourth-order valence-electron chi connectivity index (χ4n) is 2.03. The van der Waals surface area contributed by atoms with E-state index in [1.54, 1.807) is 0 Å². The van der Waals surface area contributed by atoms with Crippen LogP contribution >= 0.6 is 0 Å². The maximum absolute atomic E-state index is 2.18. The molecule has 18 heavy (non-hydrogen) atoms. The smallest absolute Gasteiger partial charge is 1.00 e. The van der Waals surface area contributed by atoms with Crippen LogP contribution in [0.15, 0.2) is 66.7 Å². The van der Waals surface area contributed by atoms with Gasteiger partial charge in [0.1, 0.15) is 0 Å². The summed E-state index contributed by atoms with van der Waals surface area (Å²) in [4.78, 5) is 0. The summed E-state index contributed by atoms with van der Waals surface area (Å²) >= 11 is 0. The van der Waals surface area contributed by atoms with Gasteiger partial charge in [-0.3, -0.25) is 0 Å². The standard InChI is InChI=1S/C15H11.2FH.Ti/c1-2-6-12(7-3-1)14-10-4-8-13-9-5-11-15(13)14;;;/h1-11H;2*1H;/q-1;;;+3/p-2. The Hall–Kier alpha value is -1.38. The first kappa shape index (κ1) is 16.6. The average Bonchev–Trinajstić information content (AvgIpc) is 2.78. The Kier molecular flexibility index (Phi) is 6.60. The SMILES string of the molecule is [F-].[F-].[Ti+3].c1ccc(-c2cccc3[cH-]ccc23)cc1. The van der Waals surface area contributed by atoms with Gasteiger partial charge in [0.2, 0.25) is 0 Å². The van der Waals surface area contributed by atoms with Crippen molar-refractivity contribution in [3.05, 3.63) is 66.7 Å². The molecular formula is C15H11F2Ti. The molecule has 0 aliphatic carbocycles. The van der Waals surface area contributed by atoms with Crippen LogP contribution in [0.1, 0.15) is 0 Å². The van der Waals surface area contributed by atoms with Crippen molar-refractivity contribution in [1.82, 2.24) is 0 Å². The van der Waals surface area contributed by atoms with Gasteiger partial charge in [-0.2, -0.15) is 12.1 Å². The number of rotatable bonds is 1. The van der Waals surface area contributed by atoms with Crippen LogP contribution in [-0.4, -0.2) is 0 Å². The Morgan fingerprint density at radius 2 is 1.44 bits per heavy atom. The third kappa shape index (κ3) is 2.89. The van der Waals surface area contributed by atoms with Crippen LogP contribution in [0, 0.1) is 0 Å². The summed E-state index contributed by atoms with van der Waals surface area (Å²) in [5.74, 6) is 0. The van der Waals surface area contributed by atoms with E-state index >= 15 is 0 Å². The van der Waals surface area contributed by atoms with Gasteiger partial charge in [0.15, 0.2) is 0 Å². The van der Waals surface area contributed by atoms with Gasteiger partial charge in [0.25, 0.3) is 0 Å². The molecule has 3 heteroatoms. The second kappa shape index (κ2) is 7.15. The van der Waals surface area contributed by atoms with Crippen LogP contribution < -0.4 is 9.41 Å². The molecule has 0 nitrogen and oxygen atoms in total. The first-order valence-corrected chi connectivity index (χ1v) is 5.15. The van der Waals surface area contributed by atoms with E-state index in [1.165, 1.54) is 21.9 Å². The van der Waals surface area contributed by atoms with Gasteiger partial charge in [0.05, 0.1) is 0 Å². The first-order chi connectivity index (χ1) is 7.45. The molecule has 3 aromatic carbocycles. The van der Waals surface area contributed by atoms with Gasteiger partial charge < -0.3 is 9.41 Å². The average molecular weight is 277 g/mol. The van der Waals surface area contributed by atoms with E-state index in [0.29, 0.717) is 0 Å². The molecule has 0 fully saturated rings. The minimum atomic E-state index is 0. The zero-order valence-electron chi connectivity index (χ0n) is 9.61. The molecule has 0 saturated heterocycles. The normalized spacial score (nSPS) is 8.89. The van der Waals surface area contributed by atoms with Crippen LogP contribution in [0.2, 0.25) is 0 Å². The third-order valence-corrected chi connectivity index (χ3v) is 2.76. The Morgan fingerprint density at radius 3 is 2.17 bits per heavy atom. The van der Waals surface area contributed by atoms with E-state index in [0.717, 1.165) is 0 Å². The fraction of sp³-hybridized carbons (Fsp3) is 0. The van der Waals surface area contributed by atoms with Crippen molar-refractivity contribution in [2.45, 2.75) is 0 Å². The second-order valence-corrected chi connectivity index (χ2v) is 3.70. The molecule has 0 saturated carbocycles. The fourth-order valence-corrected chi connectivity index (χ4v) is 2.03. The van der Waals surface area contributed by atoms with Crippen LogP contribution in [0.25, 0.3) is 21.9 Å². The molecule has 0 bridgehead atoms. The minimum absolute atomic E-state index is 0. The van der Waals surface area contributed by atoms with E-state index in [9.17, 15) is 0 Å². The Bertz CT molecular complexity index is 588. The molecule has 0 spiro atoms. The maximum Gasteiger partial charge on any atom is 3.00 e. The third-order valence-electron chi connectivity index (χ3n) is 2.76. The molecule has 0 aliphatic rings. The van der Waals surface area contributed by atoms with Crippen molar-refractivity contribution in [3.63, 3.8) is 0 Å². The van der Waals surface area contributed by atoms with E-state index in [2.05, 4.69) is 66.7 Å². The summed E-state index contributed by atoms with van der Waals surface area (Å²) in [6, 6.07) is 23.4. The van der Waals surface area contributed by atoms with E-state index in [1.807, 2.05) is 0 Å². The van der Waals surface area contributed by atoms with Crippen LogP contribution in [-0.2, 0) is 21.7 Å². The molecule has 3 rings (SSSR count). The van der Waals surface area contributed by atoms with Crippen molar-refractivity contribution in [1.29, 1.82) is 0 Å². The molecule has 0 heterocycles. The van der Waals surface area contributed by atoms with Gasteiger partial charge in [-0.15, -0.1) is 29.0 Å². The molecule has 0 aromatic heterocycles. The zero-order chi connectivity index (χ0) is 10.1. The van der Waals surface area contributed by atoms with Gasteiger partial charge >= 0.3 is 21.7 Å². The van der Waals surface area contributed by atoms with Crippen molar-refractivity contribution < 1.29 is 31.1 Å². The number of hydrogen-bond acceptors (Lipinski definition) is 0. The van der Waals surface area contributed by atoms with Crippen LogP contribution in [0.4, 0.5) is 0 Å². The predicted molar refractivity (Wildman–Crippen MR) is 65.0 cm³/mol. The number of halogens is 2. The molecule has 0 unspecified atom stereocenters. The summed E-state index contributed by atoms with van der Waals surface area (Å²) in [6.45, 7) is 0. The van der Waals surface area contributed by atoms with Gasteiger partial charge in [-0.05, 0) is 5.56 Å². The van der Waals surface area contributed by atoms with Crippen LogP contribution in [0.3, 0.4) is 0 Å². The molecule has 0 N–H and O–H groups in total. The van der Waals surface area contributed by atoms with Crippen LogP contribution in [0.5, 0.6) is 0 Å². The molecule has 89 valence electrons. The molecule has 0 atom stereocenters. The summed E-state index contributed by atoms with van der Waals surface area (Å²) in [6.07, 6.45) is 0. The largest absolute Gasteiger partial charge is 3.00 e. The molecule has 0 amide bonds. The predicted octanol–water partition coefficient (Wildman–Crippen LogP) is -1.77. The Labute approximate surface area is 120 Å². The topological polar surface area (TPSA) is 0 Å². The Morgan fingerprint density at radius 1 is 0.722 bits per heavy atom. The number of fused-ring (bicyclic) bond motifs is 1. The van der Waals surface area contributed by atoms with Gasteiger partial charge in [-0.1, -0.05) is 42.0 Å². The summed E-state index contributed by atoms with van der Waals surface area (Å²) in [7, 11) is 0. The van der Waals surface area contributed by atoms with Gasteiger partial charge in [0, 0.05) is 0 Å². The van der Waals surface area contributed by atoms with Gasteiger partial charge in [-0.25, -0.2) is 0 Å². The summed E-state index contributed by atoms with van der Waals surface area (Å²) < 4.78 is 0. The quantitative estimate of drug-likeness (QED) is 0.365. The van der Waals surface area contributed by atoms with Crippen molar-refractivity contribution >= 4 is 10.8 Å². The summed E-state index contributed by atoms with van der Waals surface area (Å²) in [5, 5.41) is 2.65. The van der Waals surface area contributed by atoms with Crippen molar-refractivity contribution in [3.8, 4) is 11.1 Å². The molecule has 3 aromatic rings. The minimum Gasteiger partial charge on any atom is -1.00 e. The van der Waals surface area contributed by atoms with E-state index in [4.69, 9.17) is 0 Å². The second-order valence-electron chi connectivity index (χ2n) is 3.70. The summed E-state index contributed by atoms with van der Waals surface area (Å²) in [5.41, 5.74) is 2.60. The monoisotopic (exact) mass is 277 g/mol. The Balaban J connectivity index is 0.000000963. The van der Waals surface area contributed by atoms with E-state index in [-0.39, 0.29) is 31.1 Å².